The van der Waals surface area contributed by atoms with Crippen LogP contribution in [0.25, 0.3) is 0 Å². The van der Waals surface area contributed by atoms with E-state index in [4.69, 9.17) is 0 Å². The van der Waals surface area contributed by atoms with E-state index in [9.17, 15) is 4.79 Å². The highest BCUT2D eigenvalue weighted by molar-refractivity contribution is 5.74. The van der Waals surface area contributed by atoms with E-state index in [1.54, 1.807) is 12.1 Å². The van der Waals surface area contributed by atoms with Crippen LogP contribution in [-0.4, -0.2) is 6.29 Å². The Morgan fingerprint density at radius 2 is 1.11 bits per heavy atom. The van der Waals surface area contributed by atoms with E-state index >= 15 is 0 Å². The van der Waals surface area contributed by atoms with E-state index in [1.807, 2.05) is 32.0 Å². The van der Waals surface area contributed by atoms with Gasteiger partial charge in [-0.15, -0.1) is 0 Å². The summed E-state index contributed by atoms with van der Waals surface area (Å²) in [4.78, 5) is 10.0. The number of hydrogen-bond donors (Lipinski definition) is 0. The summed E-state index contributed by atoms with van der Waals surface area (Å²) in [5.41, 5.74) is 3.39. The van der Waals surface area contributed by atoms with Gasteiger partial charge in [0, 0.05) is 5.56 Å². The molecule has 0 radical (unpaired) electrons. The van der Waals surface area contributed by atoms with E-state index < -0.39 is 0 Å². The van der Waals surface area contributed by atoms with Gasteiger partial charge in [-0.3, -0.25) is 4.79 Å². The summed E-state index contributed by atoms with van der Waals surface area (Å²) in [6, 6.07) is 17.6. The third-order valence-corrected chi connectivity index (χ3v) is 2.15. The lowest BCUT2D eigenvalue weighted by atomic mass is 10.2. The largest absolute Gasteiger partial charge is 0.298 e. The van der Waals surface area contributed by atoms with Gasteiger partial charge in [0.15, 0.2) is 0 Å². The van der Waals surface area contributed by atoms with Crippen molar-refractivity contribution in [2.75, 3.05) is 0 Å². The Bertz CT molecular complexity index is 394. The molecule has 96 valence electrons. The first-order valence-electron chi connectivity index (χ1n) is 6.26. The first-order valence-corrected chi connectivity index (χ1v) is 6.26. The van der Waals surface area contributed by atoms with Gasteiger partial charge in [-0.05, 0) is 13.8 Å². The number of aryl methyl sites for hydroxylation is 2. The lowest BCUT2D eigenvalue weighted by Gasteiger charge is -1.90. The van der Waals surface area contributed by atoms with Gasteiger partial charge in [0.1, 0.15) is 6.29 Å². The lowest BCUT2D eigenvalue weighted by Crippen LogP contribution is -1.73. The third kappa shape index (κ3) is 7.39. The normalized spacial score (nSPS) is 8.22. The Balaban J connectivity index is 0.000000283. The van der Waals surface area contributed by atoms with Gasteiger partial charge in [0.05, 0.1) is 0 Å². The fourth-order valence-corrected chi connectivity index (χ4v) is 1.17. The second-order valence-corrected chi connectivity index (χ2v) is 3.68. The van der Waals surface area contributed by atoms with E-state index in [0.29, 0.717) is 0 Å². The second-order valence-electron chi connectivity index (χ2n) is 3.68. The molecule has 0 bridgehead atoms. The molecule has 0 spiro atoms. The molecule has 0 aliphatic rings. The molecule has 1 heteroatoms. The predicted octanol–water partition coefficient (Wildman–Crippen LogP) is 4.83. The molecule has 0 fully saturated rings. The maximum absolute atomic E-state index is 10.0. The van der Waals surface area contributed by atoms with Crippen molar-refractivity contribution in [3.05, 3.63) is 71.3 Å². The van der Waals surface area contributed by atoms with Crippen molar-refractivity contribution < 1.29 is 4.79 Å². The third-order valence-electron chi connectivity index (χ3n) is 2.15. The van der Waals surface area contributed by atoms with Crippen LogP contribution in [0.5, 0.6) is 0 Å². The molecule has 2 rings (SSSR count). The maximum atomic E-state index is 10.0. The molecule has 0 saturated carbocycles. The first kappa shape index (κ1) is 16.1. The van der Waals surface area contributed by atoms with Crippen LogP contribution >= 0.6 is 0 Å². The highest BCUT2D eigenvalue weighted by Gasteiger charge is 1.80. The van der Waals surface area contributed by atoms with Crippen molar-refractivity contribution in [2.45, 2.75) is 27.7 Å². The summed E-state index contributed by atoms with van der Waals surface area (Å²) in [7, 11) is 0. The van der Waals surface area contributed by atoms with Crippen LogP contribution in [0.1, 0.15) is 35.3 Å². The Morgan fingerprint density at radius 3 is 1.39 bits per heavy atom. The molecule has 1 nitrogen and oxygen atoms in total. The Morgan fingerprint density at radius 1 is 0.722 bits per heavy atom. The molecule has 0 heterocycles. The fraction of sp³-hybridized carbons (Fsp3) is 0.235. The molecule has 0 aromatic heterocycles. The summed E-state index contributed by atoms with van der Waals surface area (Å²) >= 11 is 0. The second kappa shape index (κ2) is 10.3. The summed E-state index contributed by atoms with van der Waals surface area (Å²) in [6.07, 6.45) is 0.833. The standard InChI is InChI=1S/C8H10.C7H6O.C2H6/c1-7-3-5-8(2)6-4-7;8-6-7-4-2-1-3-5-7;1-2/h3-6H,1-2H3;1-6H;1-2H3. The zero-order chi connectivity index (χ0) is 13.8. The van der Waals surface area contributed by atoms with E-state index in [0.717, 1.165) is 11.8 Å². The molecule has 0 aliphatic carbocycles. The van der Waals surface area contributed by atoms with Crippen molar-refractivity contribution in [1.29, 1.82) is 0 Å². The van der Waals surface area contributed by atoms with Gasteiger partial charge in [0.2, 0.25) is 0 Å². The smallest absolute Gasteiger partial charge is 0.150 e. The summed E-state index contributed by atoms with van der Waals surface area (Å²) in [5, 5.41) is 0. The van der Waals surface area contributed by atoms with Crippen LogP contribution < -0.4 is 0 Å². The minimum absolute atomic E-state index is 0.729. The van der Waals surface area contributed by atoms with E-state index in [-0.39, 0.29) is 0 Å². The number of rotatable bonds is 1. The highest BCUT2D eigenvalue weighted by Crippen LogP contribution is 1.99. The Hall–Kier alpha value is -1.89. The van der Waals surface area contributed by atoms with Gasteiger partial charge >= 0.3 is 0 Å². The molecular weight excluding hydrogens is 220 g/mol. The van der Waals surface area contributed by atoms with Crippen LogP contribution in [0, 0.1) is 13.8 Å². The number of aldehydes is 1. The average molecular weight is 242 g/mol. The molecular formula is C17H22O. The monoisotopic (exact) mass is 242 g/mol. The predicted molar refractivity (Wildman–Crippen MR) is 79.1 cm³/mol. The van der Waals surface area contributed by atoms with Gasteiger partial charge in [-0.1, -0.05) is 79.6 Å². The van der Waals surface area contributed by atoms with Crippen LogP contribution in [0.4, 0.5) is 0 Å². The molecule has 0 aliphatic heterocycles. The van der Waals surface area contributed by atoms with Crippen LogP contribution in [0.3, 0.4) is 0 Å². The number of benzene rings is 2. The molecule has 2 aromatic rings. The zero-order valence-corrected chi connectivity index (χ0v) is 11.7. The summed E-state index contributed by atoms with van der Waals surface area (Å²) in [6.45, 7) is 8.19. The fourth-order valence-electron chi connectivity index (χ4n) is 1.17. The zero-order valence-electron chi connectivity index (χ0n) is 11.7. The molecule has 2 aromatic carbocycles. The molecule has 0 saturated heterocycles. The average Bonchev–Trinajstić information content (AvgIpc) is 2.46. The van der Waals surface area contributed by atoms with Gasteiger partial charge in [-0.25, -0.2) is 0 Å². The Labute approximate surface area is 110 Å². The molecule has 0 N–H and O–H groups in total. The van der Waals surface area contributed by atoms with Crippen LogP contribution in [0.15, 0.2) is 54.6 Å². The lowest BCUT2D eigenvalue weighted by molar-refractivity contribution is 0.112. The van der Waals surface area contributed by atoms with Gasteiger partial charge in [0.25, 0.3) is 0 Å². The van der Waals surface area contributed by atoms with Gasteiger partial charge < -0.3 is 0 Å². The molecule has 0 unspecified atom stereocenters. The maximum Gasteiger partial charge on any atom is 0.150 e. The van der Waals surface area contributed by atoms with E-state index in [1.165, 1.54) is 11.1 Å². The number of carbonyl (C=O) groups is 1. The molecule has 0 atom stereocenters. The number of carbonyl (C=O) groups excluding carboxylic acids is 1. The highest BCUT2D eigenvalue weighted by atomic mass is 16.1. The van der Waals surface area contributed by atoms with Crippen molar-refractivity contribution in [1.82, 2.24) is 0 Å². The first-order chi connectivity index (χ1) is 8.72. The van der Waals surface area contributed by atoms with Crippen molar-refractivity contribution >= 4 is 6.29 Å². The minimum Gasteiger partial charge on any atom is -0.298 e. The summed E-state index contributed by atoms with van der Waals surface area (Å²) < 4.78 is 0. The van der Waals surface area contributed by atoms with Crippen molar-refractivity contribution in [3.8, 4) is 0 Å². The topological polar surface area (TPSA) is 17.1 Å². The minimum atomic E-state index is 0.729. The van der Waals surface area contributed by atoms with Gasteiger partial charge in [-0.2, -0.15) is 0 Å². The van der Waals surface area contributed by atoms with Crippen LogP contribution in [-0.2, 0) is 0 Å². The molecule has 18 heavy (non-hydrogen) atoms. The Kier molecular flexibility index (Phi) is 9.20. The SMILES string of the molecule is CC.Cc1ccc(C)cc1.O=Cc1ccccc1. The summed E-state index contributed by atoms with van der Waals surface area (Å²) in [5.74, 6) is 0. The van der Waals surface area contributed by atoms with Crippen molar-refractivity contribution in [2.24, 2.45) is 0 Å². The quantitative estimate of drug-likeness (QED) is 0.655. The van der Waals surface area contributed by atoms with Crippen LogP contribution in [0.2, 0.25) is 0 Å². The van der Waals surface area contributed by atoms with E-state index in [2.05, 4.69) is 38.1 Å². The number of hydrogen-bond acceptors (Lipinski definition) is 1. The molecule has 0 amide bonds. The van der Waals surface area contributed by atoms with Crippen molar-refractivity contribution in [3.63, 3.8) is 0 Å².